The van der Waals surface area contributed by atoms with Gasteiger partial charge in [0, 0.05) is 18.8 Å². The first-order chi connectivity index (χ1) is 9.32. The summed E-state index contributed by atoms with van der Waals surface area (Å²) in [6, 6.07) is 5.89. The predicted octanol–water partition coefficient (Wildman–Crippen LogP) is 1.94. The highest BCUT2D eigenvalue weighted by atomic mass is 16.3. The Labute approximate surface area is 120 Å². The average molecular weight is 276 g/mol. The first kappa shape index (κ1) is 15.0. The maximum atomic E-state index is 12.0. The second-order valence-corrected chi connectivity index (χ2v) is 6.20. The van der Waals surface area contributed by atoms with Crippen LogP contribution in [0.3, 0.4) is 0 Å². The Morgan fingerprint density at radius 2 is 2.05 bits per heavy atom. The summed E-state index contributed by atoms with van der Waals surface area (Å²) >= 11 is 0. The van der Waals surface area contributed by atoms with Crippen LogP contribution in [0.4, 0.5) is 5.69 Å². The molecule has 0 spiro atoms. The van der Waals surface area contributed by atoms with E-state index >= 15 is 0 Å². The molecule has 0 aliphatic carbocycles. The van der Waals surface area contributed by atoms with E-state index in [-0.39, 0.29) is 11.8 Å². The van der Waals surface area contributed by atoms with E-state index in [9.17, 15) is 9.90 Å². The number of hydrogen-bond acceptors (Lipinski definition) is 3. The van der Waals surface area contributed by atoms with Crippen LogP contribution >= 0.6 is 0 Å². The summed E-state index contributed by atoms with van der Waals surface area (Å²) in [5.74, 6) is 0.199. The summed E-state index contributed by atoms with van der Waals surface area (Å²) in [5, 5.41) is 13.1. The van der Waals surface area contributed by atoms with Crippen LogP contribution in [0.2, 0.25) is 0 Å². The lowest BCUT2D eigenvalue weighted by Gasteiger charge is -2.48. The maximum Gasteiger partial charge on any atom is 0.238 e. The summed E-state index contributed by atoms with van der Waals surface area (Å²) in [5.41, 5.74) is 2.51. The fraction of sp³-hybridized carbons (Fsp3) is 0.562. The number of aliphatic hydroxyl groups is 1. The number of nitrogens with one attached hydrogen (secondary N) is 1. The fourth-order valence-electron chi connectivity index (χ4n) is 2.48. The molecule has 1 aliphatic rings. The van der Waals surface area contributed by atoms with Crippen molar-refractivity contribution in [3.05, 3.63) is 29.3 Å². The smallest absolute Gasteiger partial charge is 0.238 e. The molecular formula is C16H24N2O2. The van der Waals surface area contributed by atoms with Gasteiger partial charge >= 0.3 is 0 Å². The zero-order valence-electron chi connectivity index (χ0n) is 12.7. The Morgan fingerprint density at radius 3 is 2.65 bits per heavy atom. The zero-order chi connectivity index (χ0) is 14.9. The average Bonchev–Trinajstić information content (AvgIpc) is 2.32. The summed E-state index contributed by atoms with van der Waals surface area (Å²) in [7, 11) is 0. The number of carbonyl (C=O) groups is 1. The van der Waals surface area contributed by atoms with Crippen molar-refractivity contribution in [3.63, 3.8) is 0 Å². The van der Waals surface area contributed by atoms with Gasteiger partial charge in [-0.1, -0.05) is 26.0 Å². The molecule has 0 bridgehead atoms. The van der Waals surface area contributed by atoms with E-state index in [1.807, 2.05) is 50.8 Å². The molecule has 4 nitrogen and oxygen atoms in total. The molecule has 1 aliphatic heterocycles. The van der Waals surface area contributed by atoms with Crippen molar-refractivity contribution in [2.75, 3.05) is 25.0 Å². The molecule has 0 aromatic heterocycles. The highest BCUT2D eigenvalue weighted by Crippen LogP contribution is 2.28. The molecule has 110 valence electrons. The number of anilines is 1. The third kappa shape index (κ3) is 3.02. The van der Waals surface area contributed by atoms with Gasteiger partial charge in [0.2, 0.25) is 5.91 Å². The Kier molecular flexibility index (Phi) is 4.16. The first-order valence-electron chi connectivity index (χ1n) is 7.12. The van der Waals surface area contributed by atoms with Gasteiger partial charge in [-0.15, -0.1) is 0 Å². The number of aryl methyl sites for hydroxylation is 1. The third-order valence-electron chi connectivity index (χ3n) is 4.32. The quantitative estimate of drug-likeness (QED) is 0.883. The minimum atomic E-state index is -0.625. The van der Waals surface area contributed by atoms with Crippen LogP contribution in [0.15, 0.2) is 18.2 Å². The number of carbonyl (C=O) groups excluding carboxylic acids is 1. The van der Waals surface area contributed by atoms with Gasteiger partial charge in [-0.2, -0.15) is 0 Å². The van der Waals surface area contributed by atoms with Crippen LogP contribution in [0, 0.1) is 19.8 Å². The van der Waals surface area contributed by atoms with Crippen molar-refractivity contribution in [1.29, 1.82) is 0 Å². The lowest BCUT2D eigenvalue weighted by atomic mass is 9.83. The van der Waals surface area contributed by atoms with E-state index in [1.54, 1.807) is 0 Å². The molecule has 1 saturated heterocycles. The number of rotatable bonds is 4. The number of amides is 1. The zero-order valence-corrected chi connectivity index (χ0v) is 12.7. The van der Waals surface area contributed by atoms with Crippen molar-refractivity contribution in [1.82, 2.24) is 4.90 Å². The van der Waals surface area contributed by atoms with Crippen LogP contribution in [0.1, 0.15) is 25.0 Å². The van der Waals surface area contributed by atoms with Gasteiger partial charge in [0.15, 0.2) is 0 Å². The molecule has 1 aromatic rings. The summed E-state index contributed by atoms with van der Waals surface area (Å²) < 4.78 is 0. The van der Waals surface area contributed by atoms with Crippen LogP contribution in [0.5, 0.6) is 0 Å². The van der Waals surface area contributed by atoms with E-state index in [4.69, 9.17) is 0 Å². The molecule has 1 fully saturated rings. The maximum absolute atomic E-state index is 12.0. The Morgan fingerprint density at radius 1 is 1.40 bits per heavy atom. The minimum Gasteiger partial charge on any atom is -0.387 e. The highest BCUT2D eigenvalue weighted by molar-refractivity contribution is 5.93. The van der Waals surface area contributed by atoms with E-state index < -0.39 is 5.60 Å². The number of benzene rings is 1. The van der Waals surface area contributed by atoms with Crippen molar-refractivity contribution < 1.29 is 9.90 Å². The number of β-amino-alcohol motifs (C(OH)–C–C–N with tert-alkyl or cyclic N) is 1. The highest BCUT2D eigenvalue weighted by Gasteiger charge is 2.43. The van der Waals surface area contributed by atoms with E-state index in [0.717, 1.165) is 11.3 Å². The van der Waals surface area contributed by atoms with Crippen molar-refractivity contribution in [3.8, 4) is 0 Å². The second kappa shape index (κ2) is 5.54. The molecule has 2 N–H and O–H groups in total. The Bertz CT molecular complexity index is 505. The Hall–Kier alpha value is -1.39. The van der Waals surface area contributed by atoms with Crippen molar-refractivity contribution >= 4 is 11.6 Å². The standard InChI is InChI=1S/C16H24N2O2/c1-11(2)16(20)9-18(10-16)8-15(19)17-14-7-5-6-12(3)13(14)4/h5-7,11,20H,8-10H2,1-4H3,(H,17,19). The Balaban J connectivity index is 1.87. The number of likely N-dealkylation sites (tertiary alicyclic amines) is 1. The summed E-state index contributed by atoms with van der Waals surface area (Å²) in [4.78, 5) is 14.0. The molecule has 2 rings (SSSR count). The second-order valence-electron chi connectivity index (χ2n) is 6.20. The van der Waals surface area contributed by atoms with Gasteiger partial charge in [0.1, 0.15) is 0 Å². The van der Waals surface area contributed by atoms with Gasteiger partial charge < -0.3 is 10.4 Å². The molecule has 4 heteroatoms. The number of nitrogens with zero attached hydrogens (tertiary/aromatic N) is 1. The predicted molar refractivity (Wildman–Crippen MR) is 80.8 cm³/mol. The normalized spacial score (nSPS) is 17.9. The minimum absolute atomic E-state index is 0.0236. The van der Waals surface area contributed by atoms with Crippen molar-refractivity contribution in [2.24, 2.45) is 5.92 Å². The van der Waals surface area contributed by atoms with Crippen LogP contribution in [-0.2, 0) is 4.79 Å². The van der Waals surface area contributed by atoms with Gasteiger partial charge in [0.05, 0.1) is 12.1 Å². The van der Waals surface area contributed by atoms with Gasteiger partial charge in [-0.05, 0) is 37.0 Å². The molecule has 1 amide bonds. The summed E-state index contributed by atoms with van der Waals surface area (Å²) in [6.45, 7) is 9.54. The molecule has 0 atom stereocenters. The number of hydrogen-bond donors (Lipinski definition) is 2. The molecule has 0 radical (unpaired) electrons. The van der Waals surface area contributed by atoms with E-state index in [1.165, 1.54) is 5.56 Å². The molecule has 0 saturated carbocycles. The topological polar surface area (TPSA) is 52.6 Å². The lowest BCUT2D eigenvalue weighted by molar-refractivity contribution is -0.139. The van der Waals surface area contributed by atoms with E-state index in [2.05, 4.69) is 5.32 Å². The lowest BCUT2D eigenvalue weighted by Crippen LogP contribution is -2.65. The molecule has 20 heavy (non-hydrogen) atoms. The van der Waals surface area contributed by atoms with Gasteiger partial charge in [-0.3, -0.25) is 9.69 Å². The fourth-order valence-corrected chi connectivity index (χ4v) is 2.48. The van der Waals surface area contributed by atoms with Crippen LogP contribution < -0.4 is 5.32 Å². The molecular weight excluding hydrogens is 252 g/mol. The van der Waals surface area contributed by atoms with Gasteiger partial charge in [-0.25, -0.2) is 0 Å². The van der Waals surface area contributed by atoms with Crippen molar-refractivity contribution in [2.45, 2.75) is 33.3 Å². The van der Waals surface area contributed by atoms with Crippen LogP contribution in [-0.4, -0.2) is 41.1 Å². The van der Waals surface area contributed by atoms with E-state index in [0.29, 0.717) is 19.6 Å². The monoisotopic (exact) mass is 276 g/mol. The van der Waals surface area contributed by atoms with Gasteiger partial charge in [0.25, 0.3) is 0 Å². The summed E-state index contributed by atoms with van der Waals surface area (Å²) in [6.07, 6.45) is 0. The molecule has 1 aromatic carbocycles. The molecule has 1 heterocycles. The molecule has 0 unspecified atom stereocenters. The SMILES string of the molecule is Cc1cccc(NC(=O)CN2CC(O)(C(C)C)C2)c1C. The largest absolute Gasteiger partial charge is 0.387 e. The van der Waals surface area contributed by atoms with Crippen LogP contribution in [0.25, 0.3) is 0 Å². The third-order valence-corrected chi connectivity index (χ3v) is 4.32. The first-order valence-corrected chi connectivity index (χ1v) is 7.12.